The molecule has 2 N–H and O–H groups in total. The maximum Gasteiger partial charge on any atom is 0.253 e. The van der Waals surface area contributed by atoms with E-state index in [9.17, 15) is 9.59 Å². The Labute approximate surface area is 145 Å². The van der Waals surface area contributed by atoms with E-state index in [4.69, 9.17) is 0 Å². The zero-order valence-electron chi connectivity index (χ0n) is 16.0. The lowest BCUT2D eigenvalue weighted by Crippen LogP contribution is -2.45. The number of carbonyl (C=O) groups is 2. The number of benzene rings is 1. The van der Waals surface area contributed by atoms with E-state index in [0.717, 1.165) is 6.42 Å². The number of hydrogen-bond acceptors (Lipinski definition) is 3. The molecule has 24 heavy (non-hydrogen) atoms. The summed E-state index contributed by atoms with van der Waals surface area (Å²) in [5.41, 5.74) is 1.24. The van der Waals surface area contributed by atoms with Gasteiger partial charge in [0.05, 0.1) is 6.54 Å². The van der Waals surface area contributed by atoms with Gasteiger partial charge >= 0.3 is 0 Å². The topological polar surface area (TPSA) is 61.4 Å². The molecule has 2 amide bonds. The van der Waals surface area contributed by atoms with Crippen LogP contribution in [0.3, 0.4) is 0 Å². The highest BCUT2D eigenvalue weighted by molar-refractivity contribution is 5.97. The summed E-state index contributed by atoms with van der Waals surface area (Å²) in [6.07, 6.45) is 0.958. The van der Waals surface area contributed by atoms with Crippen molar-refractivity contribution in [1.29, 1.82) is 0 Å². The van der Waals surface area contributed by atoms with E-state index in [0.29, 0.717) is 11.3 Å². The molecule has 5 heteroatoms. The average molecular weight is 333 g/mol. The number of nitrogens with zero attached hydrogens (tertiary/aromatic N) is 1. The number of rotatable bonds is 6. The normalized spacial score (nSPS) is 12.0. The minimum Gasteiger partial charge on any atom is -0.345 e. The van der Waals surface area contributed by atoms with E-state index >= 15 is 0 Å². The van der Waals surface area contributed by atoms with Crippen LogP contribution in [-0.4, -0.2) is 42.9 Å². The van der Waals surface area contributed by atoms with Gasteiger partial charge in [-0.3, -0.25) is 9.59 Å². The smallest absolute Gasteiger partial charge is 0.253 e. The highest BCUT2D eigenvalue weighted by atomic mass is 16.2. The second kappa shape index (κ2) is 7.79. The van der Waals surface area contributed by atoms with Crippen molar-refractivity contribution in [3.63, 3.8) is 0 Å². The number of anilines is 1. The Morgan fingerprint density at radius 3 is 2.25 bits per heavy atom. The highest BCUT2D eigenvalue weighted by Gasteiger charge is 2.25. The van der Waals surface area contributed by atoms with Gasteiger partial charge in [0.25, 0.3) is 5.91 Å². The van der Waals surface area contributed by atoms with E-state index in [1.54, 1.807) is 38.4 Å². The molecule has 0 saturated heterocycles. The van der Waals surface area contributed by atoms with Gasteiger partial charge in [-0.1, -0.05) is 26.8 Å². The summed E-state index contributed by atoms with van der Waals surface area (Å²) < 4.78 is 0. The molecule has 1 aromatic carbocycles. The van der Waals surface area contributed by atoms with Crippen LogP contribution in [0.25, 0.3) is 0 Å². The zero-order chi connectivity index (χ0) is 18.5. The van der Waals surface area contributed by atoms with Gasteiger partial charge in [0, 0.05) is 30.9 Å². The first-order valence-corrected chi connectivity index (χ1v) is 8.26. The minimum atomic E-state index is -0.127. The fourth-order valence-corrected chi connectivity index (χ4v) is 2.90. The van der Waals surface area contributed by atoms with Crippen LogP contribution in [0.2, 0.25) is 0 Å². The summed E-state index contributed by atoms with van der Waals surface area (Å²) in [6.45, 7) is 11.0. The second-order valence-corrected chi connectivity index (χ2v) is 8.30. The van der Waals surface area contributed by atoms with Crippen LogP contribution in [-0.2, 0) is 4.79 Å². The molecular formula is C19H31N3O2. The first-order chi connectivity index (χ1) is 10.9. The maximum atomic E-state index is 12.2. The summed E-state index contributed by atoms with van der Waals surface area (Å²) >= 11 is 0. The molecular weight excluding hydrogens is 302 g/mol. The van der Waals surface area contributed by atoms with Gasteiger partial charge in [-0.15, -0.1) is 0 Å². The van der Waals surface area contributed by atoms with Gasteiger partial charge in [0.15, 0.2) is 0 Å². The molecule has 0 atom stereocenters. The van der Waals surface area contributed by atoms with Gasteiger partial charge in [0.2, 0.25) is 5.91 Å². The Balaban J connectivity index is 2.63. The molecule has 1 aromatic rings. The first-order valence-electron chi connectivity index (χ1n) is 8.26. The lowest BCUT2D eigenvalue weighted by atomic mass is 9.82. The Morgan fingerprint density at radius 1 is 1.08 bits per heavy atom. The van der Waals surface area contributed by atoms with Crippen LogP contribution in [0, 0.1) is 5.41 Å². The van der Waals surface area contributed by atoms with Crippen LogP contribution >= 0.6 is 0 Å². The second-order valence-electron chi connectivity index (χ2n) is 8.30. The molecule has 1 rings (SSSR count). The van der Waals surface area contributed by atoms with Gasteiger partial charge in [-0.2, -0.15) is 0 Å². The van der Waals surface area contributed by atoms with E-state index in [1.165, 1.54) is 4.90 Å². The molecule has 5 nitrogen and oxygen atoms in total. The molecule has 0 unspecified atom stereocenters. The van der Waals surface area contributed by atoms with Gasteiger partial charge in [0.1, 0.15) is 0 Å². The third-order valence-corrected chi connectivity index (χ3v) is 3.50. The molecule has 0 radical (unpaired) electrons. The molecule has 0 aliphatic carbocycles. The third kappa shape index (κ3) is 7.13. The van der Waals surface area contributed by atoms with E-state index in [1.807, 2.05) is 0 Å². The fraction of sp³-hybridized carbons (Fsp3) is 0.579. The van der Waals surface area contributed by atoms with Crippen LogP contribution < -0.4 is 10.6 Å². The molecule has 0 aliphatic heterocycles. The SMILES string of the molecule is CN(C)C(=O)c1cccc(NC(=O)CNC(C)(C)CC(C)(C)C)c1. The number of carbonyl (C=O) groups excluding carboxylic acids is 2. The van der Waals surface area contributed by atoms with E-state index < -0.39 is 0 Å². The number of amides is 2. The molecule has 134 valence electrons. The zero-order valence-corrected chi connectivity index (χ0v) is 16.0. The van der Waals surface area contributed by atoms with Crippen LogP contribution in [0.4, 0.5) is 5.69 Å². The van der Waals surface area contributed by atoms with Crippen molar-refractivity contribution in [2.24, 2.45) is 5.41 Å². The van der Waals surface area contributed by atoms with Crippen molar-refractivity contribution in [3.05, 3.63) is 29.8 Å². The van der Waals surface area contributed by atoms with Crippen molar-refractivity contribution in [2.45, 2.75) is 46.6 Å². The monoisotopic (exact) mass is 333 g/mol. The molecule has 0 spiro atoms. The fourth-order valence-electron chi connectivity index (χ4n) is 2.90. The molecule has 0 bridgehead atoms. The van der Waals surface area contributed by atoms with Crippen molar-refractivity contribution in [1.82, 2.24) is 10.2 Å². The van der Waals surface area contributed by atoms with E-state index in [2.05, 4.69) is 45.3 Å². The van der Waals surface area contributed by atoms with Crippen LogP contribution in [0.1, 0.15) is 51.4 Å². The molecule has 0 aliphatic rings. The summed E-state index contributed by atoms with van der Waals surface area (Å²) in [4.78, 5) is 25.7. The van der Waals surface area contributed by atoms with Gasteiger partial charge < -0.3 is 15.5 Å². The van der Waals surface area contributed by atoms with Crippen molar-refractivity contribution >= 4 is 17.5 Å². The molecule has 0 fully saturated rings. The lowest BCUT2D eigenvalue weighted by Gasteiger charge is -2.33. The van der Waals surface area contributed by atoms with E-state index in [-0.39, 0.29) is 29.3 Å². The van der Waals surface area contributed by atoms with Crippen molar-refractivity contribution in [3.8, 4) is 0 Å². The maximum absolute atomic E-state index is 12.2. The summed E-state index contributed by atoms with van der Waals surface area (Å²) in [5, 5.41) is 6.14. The standard InChI is InChI=1S/C19H31N3O2/c1-18(2,3)13-19(4,5)20-12-16(23)21-15-10-8-9-14(11-15)17(24)22(6)7/h8-11,20H,12-13H2,1-7H3,(H,21,23). The van der Waals surface area contributed by atoms with Crippen LogP contribution in [0.5, 0.6) is 0 Å². The molecule has 0 saturated carbocycles. The Kier molecular flexibility index (Phi) is 6.55. The number of hydrogen-bond donors (Lipinski definition) is 2. The largest absolute Gasteiger partial charge is 0.345 e. The Bertz CT molecular complexity index is 587. The van der Waals surface area contributed by atoms with Gasteiger partial charge in [-0.25, -0.2) is 0 Å². The predicted octanol–water partition coefficient (Wildman–Crippen LogP) is 3.13. The Morgan fingerprint density at radius 2 is 1.71 bits per heavy atom. The third-order valence-electron chi connectivity index (χ3n) is 3.50. The lowest BCUT2D eigenvalue weighted by molar-refractivity contribution is -0.115. The minimum absolute atomic E-state index is 0.0875. The van der Waals surface area contributed by atoms with Gasteiger partial charge in [-0.05, 0) is 43.9 Å². The first kappa shape index (κ1) is 20.2. The average Bonchev–Trinajstić information content (AvgIpc) is 2.42. The summed E-state index contributed by atoms with van der Waals surface area (Å²) in [6, 6.07) is 6.98. The quantitative estimate of drug-likeness (QED) is 0.841. The highest BCUT2D eigenvalue weighted by Crippen LogP contribution is 2.26. The number of nitrogens with one attached hydrogen (secondary N) is 2. The Hall–Kier alpha value is -1.88. The summed E-state index contributed by atoms with van der Waals surface area (Å²) in [5.74, 6) is -0.207. The molecule has 0 heterocycles. The summed E-state index contributed by atoms with van der Waals surface area (Å²) in [7, 11) is 3.41. The predicted molar refractivity (Wildman–Crippen MR) is 99.2 cm³/mol. The van der Waals surface area contributed by atoms with Crippen molar-refractivity contribution < 1.29 is 9.59 Å². The molecule has 0 aromatic heterocycles. The van der Waals surface area contributed by atoms with Crippen LogP contribution in [0.15, 0.2) is 24.3 Å². The van der Waals surface area contributed by atoms with Crippen molar-refractivity contribution in [2.75, 3.05) is 26.0 Å².